The van der Waals surface area contributed by atoms with Gasteiger partial charge in [-0.15, -0.1) is 0 Å². The summed E-state index contributed by atoms with van der Waals surface area (Å²) in [6.07, 6.45) is 1.50. The molecular weight excluding hydrogens is 291 g/mol. The van der Waals surface area contributed by atoms with Gasteiger partial charge in [0.1, 0.15) is 23.8 Å². The van der Waals surface area contributed by atoms with E-state index in [1.807, 2.05) is 36.2 Å². The lowest BCUT2D eigenvalue weighted by Gasteiger charge is -2.18. The van der Waals surface area contributed by atoms with E-state index in [1.54, 1.807) is 12.1 Å². The zero-order valence-corrected chi connectivity index (χ0v) is 12.8. The average molecular weight is 308 g/mol. The highest BCUT2D eigenvalue weighted by molar-refractivity contribution is 5.59. The Labute approximate surface area is 134 Å². The summed E-state index contributed by atoms with van der Waals surface area (Å²) in [5, 5.41) is 3.09. The molecule has 1 aromatic heterocycles. The number of hydrogen-bond acceptors (Lipinski definition) is 4. The van der Waals surface area contributed by atoms with Crippen LogP contribution >= 0.6 is 0 Å². The van der Waals surface area contributed by atoms with E-state index < -0.39 is 0 Å². The molecule has 0 amide bonds. The maximum Gasteiger partial charge on any atom is 0.135 e. The van der Waals surface area contributed by atoms with Gasteiger partial charge in [0.25, 0.3) is 0 Å². The van der Waals surface area contributed by atoms with Crippen LogP contribution < -0.4 is 10.2 Å². The fourth-order valence-corrected chi connectivity index (χ4v) is 2.28. The van der Waals surface area contributed by atoms with Gasteiger partial charge >= 0.3 is 0 Å². The molecule has 0 unspecified atom stereocenters. The van der Waals surface area contributed by atoms with Crippen LogP contribution in [0.1, 0.15) is 5.56 Å². The van der Waals surface area contributed by atoms with Gasteiger partial charge in [-0.25, -0.2) is 14.4 Å². The Kier molecular flexibility index (Phi) is 4.47. The molecular formula is C18H17FN4. The molecule has 0 spiro atoms. The molecule has 0 saturated carbocycles. The molecule has 0 atom stereocenters. The Morgan fingerprint density at radius 1 is 1.00 bits per heavy atom. The van der Waals surface area contributed by atoms with Crippen LogP contribution in [0.2, 0.25) is 0 Å². The second-order valence-corrected chi connectivity index (χ2v) is 5.24. The van der Waals surface area contributed by atoms with Crippen molar-refractivity contribution in [3.05, 3.63) is 78.4 Å². The van der Waals surface area contributed by atoms with Crippen molar-refractivity contribution >= 4 is 17.3 Å². The molecule has 23 heavy (non-hydrogen) atoms. The van der Waals surface area contributed by atoms with Crippen molar-refractivity contribution in [2.75, 3.05) is 17.3 Å². The molecule has 0 saturated heterocycles. The number of benzene rings is 2. The standard InChI is InChI=1S/C18H17FN4/c1-23(12-14-6-3-2-4-7-14)18-11-17(20-13-21-18)22-16-9-5-8-15(19)10-16/h2-11,13H,12H2,1H3,(H,20,21,22). The smallest absolute Gasteiger partial charge is 0.135 e. The van der Waals surface area contributed by atoms with Crippen LogP contribution in [0, 0.1) is 5.82 Å². The topological polar surface area (TPSA) is 41.0 Å². The molecule has 0 aliphatic carbocycles. The minimum absolute atomic E-state index is 0.287. The Bertz CT molecular complexity index is 777. The van der Waals surface area contributed by atoms with E-state index in [-0.39, 0.29) is 5.82 Å². The summed E-state index contributed by atoms with van der Waals surface area (Å²) >= 11 is 0. The molecule has 2 aromatic carbocycles. The molecule has 1 N–H and O–H groups in total. The summed E-state index contributed by atoms with van der Waals surface area (Å²) in [4.78, 5) is 10.5. The number of nitrogens with one attached hydrogen (secondary N) is 1. The first-order valence-corrected chi connectivity index (χ1v) is 7.30. The van der Waals surface area contributed by atoms with Crippen molar-refractivity contribution in [2.24, 2.45) is 0 Å². The molecule has 0 aliphatic heterocycles. The Hall–Kier alpha value is -2.95. The van der Waals surface area contributed by atoms with Gasteiger partial charge in [-0.3, -0.25) is 0 Å². The molecule has 0 fully saturated rings. The second kappa shape index (κ2) is 6.87. The van der Waals surface area contributed by atoms with Crippen LogP contribution in [-0.2, 0) is 6.54 Å². The van der Waals surface area contributed by atoms with Crippen molar-refractivity contribution in [1.82, 2.24) is 9.97 Å². The van der Waals surface area contributed by atoms with Gasteiger partial charge in [-0.05, 0) is 23.8 Å². The van der Waals surface area contributed by atoms with Crippen molar-refractivity contribution < 1.29 is 4.39 Å². The maximum atomic E-state index is 13.2. The Morgan fingerprint density at radius 3 is 2.61 bits per heavy atom. The molecule has 1 heterocycles. The summed E-state index contributed by atoms with van der Waals surface area (Å²) in [6.45, 7) is 0.747. The summed E-state index contributed by atoms with van der Waals surface area (Å²) in [7, 11) is 1.97. The van der Waals surface area contributed by atoms with E-state index in [0.29, 0.717) is 11.5 Å². The fraction of sp³-hybridized carbons (Fsp3) is 0.111. The SMILES string of the molecule is CN(Cc1ccccc1)c1cc(Nc2cccc(F)c2)ncn1. The van der Waals surface area contributed by atoms with Crippen LogP contribution in [0.4, 0.5) is 21.7 Å². The summed E-state index contributed by atoms with van der Waals surface area (Å²) in [6, 6.07) is 18.3. The van der Waals surface area contributed by atoms with E-state index in [4.69, 9.17) is 0 Å². The maximum absolute atomic E-state index is 13.2. The minimum atomic E-state index is -0.287. The fourth-order valence-electron chi connectivity index (χ4n) is 2.28. The third kappa shape index (κ3) is 4.03. The highest BCUT2D eigenvalue weighted by Crippen LogP contribution is 2.19. The van der Waals surface area contributed by atoms with Crippen LogP contribution in [-0.4, -0.2) is 17.0 Å². The zero-order chi connectivity index (χ0) is 16.1. The normalized spacial score (nSPS) is 10.3. The van der Waals surface area contributed by atoms with E-state index >= 15 is 0 Å². The molecule has 0 aliphatic rings. The van der Waals surface area contributed by atoms with E-state index in [1.165, 1.54) is 24.0 Å². The molecule has 5 heteroatoms. The molecule has 4 nitrogen and oxygen atoms in total. The summed E-state index contributed by atoms with van der Waals surface area (Å²) in [5.74, 6) is 1.13. The van der Waals surface area contributed by atoms with Gasteiger partial charge in [0.15, 0.2) is 0 Å². The third-order valence-electron chi connectivity index (χ3n) is 3.40. The lowest BCUT2D eigenvalue weighted by atomic mass is 10.2. The lowest BCUT2D eigenvalue weighted by molar-refractivity contribution is 0.628. The van der Waals surface area contributed by atoms with Gasteiger partial charge in [0.05, 0.1) is 0 Å². The van der Waals surface area contributed by atoms with E-state index in [0.717, 1.165) is 12.4 Å². The average Bonchev–Trinajstić information content (AvgIpc) is 2.56. The van der Waals surface area contributed by atoms with Crippen molar-refractivity contribution in [3.8, 4) is 0 Å². The Balaban J connectivity index is 1.74. The molecule has 0 radical (unpaired) electrons. The van der Waals surface area contributed by atoms with Crippen LogP contribution in [0.25, 0.3) is 0 Å². The highest BCUT2D eigenvalue weighted by Gasteiger charge is 2.06. The van der Waals surface area contributed by atoms with Gasteiger partial charge < -0.3 is 10.2 Å². The second-order valence-electron chi connectivity index (χ2n) is 5.24. The largest absolute Gasteiger partial charge is 0.355 e. The number of nitrogens with zero attached hydrogens (tertiary/aromatic N) is 3. The number of aromatic nitrogens is 2. The van der Waals surface area contributed by atoms with Crippen LogP contribution in [0.5, 0.6) is 0 Å². The predicted molar refractivity (Wildman–Crippen MR) is 90.3 cm³/mol. The highest BCUT2D eigenvalue weighted by atomic mass is 19.1. The summed E-state index contributed by atoms with van der Waals surface area (Å²) in [5.41, 5.74) is 1.86. The van der Waals surface area contributed by atoms with Gasteiger partial charge in [-0.2, -0.15) is 0 Å². The van der Waals surface area contributed by atoms with E-state index in [2.05, 4.69) is 27.4 Å². The lowest BCUT2D eigenvalue weighted by Crippen LogP contribution is -2.17. The first kappa shape index (κ1) is 15.0. The van der Waals surface area contributed by atoms with Crippen LogP contribution in [0.3, 0.4) is 0 Å². The number of anilines is 3. The third-order valence-corrected chi connectivity index (χ3v) is 3.40. The van der Waals surface area contributed by atoms with Gasteiger partial charge in [0.2, 0.25) is 0 Å². The first-order valence-electron chi connectivity index (χ1n) is 7.30. The molecule has 116 valence electrons. The van der Waals surface area contributed by atoms with Crippen molar-refractivity contribution in [2.45, 2.75) is 6.54 Å². The monoisotopic (exact) mass is 308 g/mol. The minimum Gasteiger partial charge on any atom is -0.355 e. The number of halogens is 1. The van der Waals surface area contributed by atoms with Crippen molar-refractivity contribution in [3.63, 3.8) is 0 Å². The molecule has 3 rings (SSSR count). The number of hydrogen-bond donors (Lipinski definition) is 1. The number of rotatable bonds is 5. The van der Waals surface area contributed by atoms with Gasteiger partial charge in [0, 0.05) is 25.3 Å². The Morgan fingerprint density at radius 2 is 1.83 bits per heavy atom. The van der Waals surface area contributed by atoms with Gasteiger partial charge in [-0.1, -0.05) is 36.4 Å². The van der Waals surface area contributed by atoms with Crippen molar-refractivity contribution in [1.29, 1.82) is 0 Å². The first-order chi connectivity index (χ1) is 11.2. The molecule has 3 aromatic rings. The van der Waals surface area contributed by atoms with Crippen LogP contribution in [0.15, 0.2) is 67.0 Å². The van der Waals surface area contributed by atoms with E-state index in [9.17, 15) is 4.39 Å². The zero-order valence-electron chi connectivity index (χ0n) is 12.8. The summed E-state index contributed by atoms with van der Waals surface area (Å²) < 4.78 is 13.2. The predicted octanol–water partition coefficient (Wildman–Crippen LogP) is 4.00. The quantitative estimate of drug-likeness (QED) is 0.773. The molecule has 0 bridgehead atoms.